The number of hydrogen-bond donors (Lipinski definition) is 2. The molecule has 0 amide bonds. The Bertz CT molecular complexity index is 1510. The summed E-state index contributed by atoms with van der Waals surface area (Å²) in [7, 11) is 0. The van der Waals surface area contributed by atoms with Crippen LogP contribution in [0.4, 0.5) is 14.7 Å². The highest BCUT2D eigenvalue weighted by Crippen LogP contribution is 2.47. The second-order valence-electron chi connectivity index (χ2n) is 10.3. The van der Waals surface area contributed by atoms with E-state index in [0.717, 1.165) is 56.5 Å². The fourth-order valence-electron chi connectivity index (χ4n) is 5.30. The van der Waals surface area contributed by atoms with Crippen LogP contribution in [0.25, 0.3) is 22.6 Å². The van der Waals surface area contributed by atoms with Crippen molar-refractivity contribution in [1.29, 1.82) is 0 Å². The third-order valence-electron chi connectivity index (χ3n) is 7.51. The lowest BCUT2D eigenvalue weighted by Gasteiger charge is -2.24. The van der Waals surface area contributed by atoms with Gasteiger partial charge < -0.3 is 15.2 Å². The van der Waals surface area contributed by atoms with Crippen molar-refractivity contribution in [3.8, 4) is 11.4 Å². The topological polar surface area (TPSA) is 67.7 Å². The SMILES string of the molecule is Cc1c(C2CC2)cc(Cl)c(-c2nc3cnc(NCc4ccc(F)c(F)c4)nc3n2CC2CCCNC2)c1Cl. The molecule has 3 heterocycles. The first-order chi connectivity index (χ1) is 18.4. The van der Waals surface area contributed by atoms with Crippen molar-refractivity contribution < 1.29 is 8.78 Å². The summed E-state index contributed by atoms with van der Waals surface area (Å²) in [6.07, 6.45) is 6.20. The molecule has 1 unspecified atom stereocenters. The van der Waals surface area contributed by atoms with E-state index in [-0.39, 0.29) is 6.54 Å². The molecule has 0 bridgehead atoms. The largest absolute Gasteiger partial charge is 0.350 e. The highest BCUT2D eigenvalue weighted by molar-refractivity contribution is 6.39. The summed E-state index contributed by atoms with van der Waals surface area (Å²) in [5.74, 6) is 0.212. The van der Waals surface area contributed by atoms with Crippen molar-refractivity contribution in [2.45, 2.75) is 51.6 Å². The van der Waals surface area contributed by atoms with Crippen molar-refractivity contribution >= 4 is 40.3 Å². The van der Waals surface area contributed by atoms with Crippen LogP contribution in [-0.4, -0.2) is 32.6 Å². The number of benzene rings is 2. The molecular formula is C28H28Cl2F2N6. The molecular weight excluding hydrogens is 529 g/mol. The van der Waals surface area contributed by atoms with E-state index in [2.05, 4.69) is 20.2 Å². The van der Waals surface area contributed by atoms with E-state index in [4.69, 9.17) is 33.2 Å². The van der Waals surface area contributed by atoms with Crippen LogP contribution >= 0.6 is 23.2 Å². The molecule has 2 aliphatic rings. The Hall–Kier alpha value is -2.81. The standard InChI is InChI=1S/C28H28Cl2F2N6/c1-15-19(18-5-6-18)10-20(29)24(25(15)30)27-36-23-13-35-28(34-12-16-4-7-21(31)22(32)9-16)37-26(23)38(27)14-17-3-2-8-33-11-17/h4,7,9-10,13,17-18,33H,2-3,5-6,8,11-12,14H2,1H3,(H,34,35,37). The van der Waals surface area contributed by atoms with Crippen LogP contribution in [0, 0.1) is 24.5 Å². The van der Waals surface area contributed by atoms with Gasteiger partial charge in [-0.15, -0.1) is 0 Å². The minimum Gasteiger partial charge on any atom is -0.350 e. The zero-order valence-electron chi connectivity index (χ0n) is 21.0. The highest BCUT2D eigenvalue weighted by atomic mass is 35.5. The second-order valence-corrected chi connectivity index (χ2v) is 11.1. The third kappa shape index (κ3) is 4.97. The van der Waals surface area contributed by atoms with Gasteiger partial charge in [0.25, 0.3) is 0 Å². The van der Waals surface area contributed by atoms with Gasteiger partial charge in [-0.1, -0.05) is 29.3 Å². The monoisotopic (exact) mass is 556 g/mol. The number of piperidine rings is 1. The van der Waals surface area contributed by atoms with E-state index >= 15 is 0 Å². The smallest absolute Gasteiger partial charge is 0.225 e. The van der Waals surface area contributed by atoms with Gasteiger partial charge in [-0.2, -0.15) is 4.98 Å². The summed E-state index contributed by atoms with van der Waals surface area (Å²) in [6, 6.07) is 5.85. The summed E-state index contributed by atoms with van der Waals surface area (Å²) in [5.41, 5.74) is 4.87. The van der Waals surface area contributed by atoms with Crippen molar-refractivity contribution in [2.75, 3.05) is 18.4 Å². The van der Waals surface area contributed by atoms with Crippen LogP contribution in [-0.2, 0) is 13.1 Å². The molecule has 1 saturated carbocycles. The Labute approximate surface area is 229 Å². The molecule has 2 N–H and O–H groups in total. The maximum atomic E-state index is 13.6. The van der Waals surface area contributed by atoms with Crippen LogP contribution in [0.15, 0.2) is 30.5 Å². The van der Waals surface area contributed by atoms with Gasteiger partial charge in [0.05, 0.1) is 21.8 Å². The molecule has 2 fully saturated rings. The number of nitrogens with one attached hydrogen (secondary N) is 2. The minimum atomic E-state index is -0.888. The predicted molar refractivity (Wildman–Crippen MR) is 147 cm³/mol. The van der Waals surface area contributed by atoms with Crippen molar-refractivity contribution in [2.24, 2.45) is 5.92 Å². The summed E-state index contributed by atoms with van der Waals surface area (Å²) in [4.78, 5) is 14.1. The van der Waals surface area contributed by atoms with Gasteiger partial charge in [-0.05, 0) is 92.4 Å². The lowest BCUT2D eigenvalue weighted by Crippen LogP contribution is -2.32. The van der Waals surface area contributed by atoms with Gasteiger partial charge in [-0.25, -0.2) is 18.7 Å². The number of halogens is 4. The number of fused-ring (bicyclic) bond motifs is 1. The van der Waals surface area contributed by atoms with Gasteiger partial charge >= 0.3 is 0 Å². The van der Waals surface area contributed by atoms with Crippen molar-refractivity contribution in [3.63, 3.8) is 0 Å². The summed E-state index contributed by atoms with van der Waals surface area (Å²) in [6.45, 7) is 4.93. The van der Waals surface area contributed by atoms with Gasteiger partial charge in [0.15, 0.2) is 17.3 Å². The molecule has 0 spiro atoms. The average Bonchev–Trinajstić information content (AvgIpc) is 3.71. The van der Waals surface area contributed by atoms with Gasteiger partial charge in [0, 0.05) is 13.1 Å². The Morgan fingerprint density at radius 3 is 2.68 bits per heavy atom. The molecule has 2 aromatic heterocycles. The first-order valence-corrected chi connectivity index (χ1v) is 13.7. The van der Waals surface area contributed by atoms with E-state index in [9.17, 15) is 8.78 Å². The number of anilines is 1. The summed E-state index contributed by atoms with van der Waals surface area (Å²) < 4.78 is 29.1. The predicted octanol–water partition coefficient (Wildman–Crippen LogP) is 6.88. The van der Waals surface area contributed by atoms with Crippen LogP contribution in [0.3, 0.4) is 0 Å². The number of nitrogens with zero attached hydrogens (tertiary/aromatic N) is 4. The van der Waals surface area contributed by atoms with Crippen LogP contribution < -0.4 is 10.6 Å². The van der Waals surface area contributed by atoms with E-state index < -0.39 is 11.6 Å². The zero-order valence-corrected chi connectivity index (χ0v) is 22.5. The second kappa shape index (κ2) is 10.4. The molecule has 6 rings (SSSR count). The minimum absolute atomic E-state index is 0.246. The highest BCUT2D eigenvalue weighted by Gasteiger charge is 2.30. The Morgan fingerprint density at radius 2 is 1.95 bits per heavy atom. The Balaban J connectivity index is 1.40. The molecule has 4 aromatic rings. The lowest BCUT2D eigenvalue weighted by atomic mass is 9.98. The molecule has 198 valence electrons. The van der Waals surface area contributed by atoms with Crippen molar-refractivity contribution in [1.82, 2.24) is 24.8 Å². The van der Waals surface area contributed by atoms with E-state index in [1.807, 2.05) is 13.0 Å². The van der Waals surface area contributed by atoms with E-state index in [1.165, 1.54) is 11.6 Å². The molecule has 1 aliphatic carbocycles. The molecule has 1 atom stereocenters. The molecule has 2 aromatic carbocycles. The number of aromatic nitrogens is 4. The van der Waals surface area contributed by atoms with Crippen LogP contribution in [0.1, 0.15) is 48.3 Å². The normalized spacial score (nSPS) is 17.8. The van der Waals surface area contributed by atoms with Gasteiger partial charge in [0.1, 0.15) is 11.3 Å². The number of rotatable bonds is 7. The molecule has 1 aliphatic heterocycles. The van der Waals surface area contributed by atoms with E-state index in [0.29, 0.717) is 62.5 Å². The fourth-order valence-corrected chi connectivity index (χ4v) is 5.94. The third-order valence-corrected chi connectivity index (χ3v) is 8.28. The van der Waals surface area contributed by atoms with E-state index in [1.54, 1.807) is 6.20 Å². The average molecular weight is 557 g/mol. The molecule has 38 heavy (non-hydrogen) atoms. The first-order valence-electron chi connectivity index (χ1n) is 13.0. The van der Waals surface area contributed by atoms with Gasteiger partial charge in [-0.3, -0.25) is 0 Å². The Morgan fingerprint density at radius 1 is 1.11 bits per heavy atom. The maximum absolute atomic E-state index is 13.6. The zero-order chi connectivity index (χ0) is 26.4. The van der Waals surface area contributed by atoms with Crippen LogP contribution in [0.2, 0.25) is 10.0 Å². The molecule has 1 saturated heterocycles. The summed E-state index contributed by atoms with van der Waals surface area (Å²) in [5, 5.41) is 7.82. The Kier molecular flexibility index (Phi) is 6.97. The van der Waals surface area contributed by atoms with Crippen molar-refractivity contribution in [3.05, 3.63) is 68.8 Å². The fraction of sp³-hybridized carbons (Fsp3) is 0.393. The lowest BCUT2D eigenvalue weighted by molar-refractivity contribution is 0.341. The van der Waals surface area contributed by atoms with Gasteiger partial charge in [0.2, 0.25) is 5.95 Å². The number of imidazole rings is 1. The first kappa shape index (κ1) is 25.5. The maximum Gasteiger partial charge on any atom is 0.225 e. The quantitative estimate of drug-likeness (QED) is 0.260. The molecule has 6 nitrogen and oxygen atoms in total. The molecule has 10 heteroatoms. The molecule has 0 radical (unpaired) electrons. The summed E-state index contributed by atoms with van der Waals surface area (Å²) >= 11 is 13.8. The van der Waals surface area contributed by atoms with Crippen LogP contribution in [0.5, 0.6) is 0 Å². The number of hydrogen-bond acceptors (Lipinski definition) is 5.